The molecule has 0 radical (unpaired) electrons. The molecule has 0 saturated carbocycles. The van der Waals surface area contributed by atoms with E-state index in [1.165, 1.54) is 0 Å². The van der Waals surface area contributed by atoms with E-state index in [-0.39, 0.29) is 0 Å². The van der Waals surface area contributed by atoms with Crippen LogP contribution in [0, 0.1) is 0 Å². The molecule has 1 aliphatic rings. The van der Waals surface area contributed by atoms with E-state index in [0.717, 1.165) is 0 Å². The quantitative estimate of drug-likeness (QED) is 0.380. The Labute approximate surface area is 198 Å². The molecule has 4 rings (SSSR count). The van der Waals surface area contributed by atoms with E-state index in [4.69, 9.17) is 74.6 Å². The topological polar surface area (TPSA) is 24.4 Å². The van der Waals surface area contributed by atoms with E-state index in [1.807, 2.05) is 0 Å². The predicted molar refractivity (Wildman–Crippen MR) is 125 cm³/mol. The summed E-state index contributed by atoms with van der Waals surface area (Å²) >= 11 is 38.8. The maximum atomic E-state index is 6.50. The molecule has 0 spiro atoms. The van der Waals surface area contributed by atoms with E-state index in [9.17, 15) is 0 Å². The summed E-state index contributed by atoms with van der Waals surface area (Å²) in [6.45, 7) is 0. The molecule has 0 aliphatic carbocycles. The molecule has 1 heterocycles. The second-order valence-corrected chi connectivity index (χ2v) is 8.86. The van der Waals surface area contributed by atoms with Crippen molar-refractivity contribution in [2.75, 3.05) is 0 Å². The molecular formula is C21H12Cl6N2. The van der Waals surface area contributed by atoms with Crippen LogP contribution in [0.1, 0.15) is 28.8 Å². The van der Waals surface area contributed by atoms with Gasteiger partial charge in [-0.1, -0.05) is 87.8 Å². The zero-order valence-electron chi connectivity index (χ0n) is 14.6. The second kappa shape index (κ2) is 8.55. The van der Waals surface area contributed by atoms with Gasteiger partial charge in [0.1, 0.15) is 11.9 Å². The summed E-state index contributed by atoms with van der Waals surface area (Å²) in [5.41, 5.74) is 1.95. The molecule has 2 nitrogen and oxygen atoms in total. The number of benzene rings is 3. The van der Waals surface area contributed by atoms with Gasteiger partial charge in [-0.2, -0.15) is 0 Å². The Morgan fingerprint density at radius 1 is 0.586 bits per heavy atom. The van der Waals surface area contributed by atoms with Crippen LogP contribution in [0.3, 0.4) is 0 Å². The molecule has 0 aromatic heterocycles. The number of nitrogens with zero attached hydrogens (tertiary/aromatic N) is 1. The van der Waals surface area contributed by atoms with Gasteiger partial charge in [-0.05, 0) is 36.4 Å². The van der Waals surface area contributed by atoms with Crippen LogP contribution in [-0.4, -0.2) is 5.84 Å². The Morgan fingerprint density at radius 2 is 1.00 bits per heavy atom. The molecule has 8 heteroatoms. The van der Waals surface area contributed by atoms with E-state index < -0.39 is 12.1 Å². The van der Waals surface area contributed by atoms with Crippen molar-refractivity contribution in [3.63, 3.8) is 0 Å². The van der Waals surface area contributed by atoms with E-state index in [1.54, 1.807) is 54.6 Å². The van der Waals surface area contributed by atoms with Gasteiger partial charge < -0.3 is 5.32 Å². The SMILES string of the molecule is Clc1cccc(Cl)c1C1=NC(c2c(Cl)cccc2Cl)C(c2c(Cl)cccc2Cl)N1. The number of nitrogens with one attached hydrogen (secondary N) is 1. The molecule has 2 atom stereocenters. The third-order valence-corrected chi connectivity index (χ3v) is 6.63. The number of amidine groups is 1. The first-order valence-corrected chi connectivity index (χ1v) is 10.8. The summed E-state index contributed by atoms with van der Waals surface area (Å²) < 4.78 is 0. The van der Waals surface area contributed by atoms with E-state index >= 15 is 0 Å². The molecule has 0 bridgehead atoms. The van der Waals surface area contributed by atoms with Crippen LogP contribution in [0.15, 0.2) is 59.6 Å². The molecule has 2 unspecified atom stereocenters. The predicted octanol–water partition coefficient (Wildman–Crippen LogP) is 8.44. The van der Waals surface area contributed by atoms with Crippen molar-refractivity contribution in [2.24, 2.45) is 4.99 Å². The minimum absolute atomic E-state index is 0.420. The van der Waals surface area contributed by atoms with Gasteiger partial charge >= 0.3 is 0 Å². The summed E-state index contributed by atoms with van der Waals surface area (Å²) in [4.78, 5) is 4.86. The summed E-state index contributed by atoms with van der Waals surface area (Å²) in [7, 11) is 0. The summed E-state index contributed by atoms with van der Waals surface area (Å²) in [5, 5.41) is 6.32. The fraction of sp³-hybridized carbons (Fsp3) is 0.0952. The molecule has 0 saturated heterocycles. The van der Waals surface area contributed by atoms with Crippen LogP contribution >= 0.6 is 69.6 Å². The minimum atomic E-state index is -0.490. The lowest BCUT2D eigenvalue weighted by Gasteiger charge is -2.23. The van der Waals surface area contributed by atoms with Crippen molar-refractivity contribution in [1.29, 1.82) is 0 Å². The smallest absolute Gasteiger partial charge is 0.132 e. The Bertz CT molecular complexity index is 1070. The third-order valence-electron chi connectivity index (χ3n) is 4.68. The van der Waals surface area contributed by atoms with Crippen LogP contribution in [0.25, 0.3) is 0 Å². The van der Waals surface area contributed by atoms with E-state index in [0.29, 0.717) is 52.7 Å². The fourth-order valence-corrected chi connectivity index (χ4v) is 5.23. The first-order valence-electron chi connectivity index (χ1n) is 8.55. The van der Waals surface area contributed by atoms with Crippen LogP contribution in [0.2, 0.25) is 30.1 Å². The lowest BCUT2D eigenvalue weighted by molar-refractivity contribution is 0.573. The molecule has 1 N–H and O–H groups in total. The van der Waals surface area contributed by atoms with Gasteiger partial charge in [0.05, 0.1) is 21.7 Å². The highest BCUT2D eigenvalue weighted by atomic mass is 35.5. The normalized spacial score (nSPS) is 18.5. The molecule has 148 valence electrons. The molecule has 0 fully saturated rings. The molecule has 1 aliphatic heterocycles. The largest absolute Gasteiger partial charge is 0.360 e. The van der Waals surface area contributed by atoms with Gasteiger partial charge in [-0.15, -0.1) is 0 Å². The monoisotopic (exact) mass is 502 g/mol. The average Bonchev–Trinajstić information content (AvgIpc) is 3.05. The van der Waals surface area contributed by atoms with Gasteiger partial charge in [-0.3, -0.25) is 4.99 Å². The van der Waals surface area contributed by atoms with Crippen molar-refractivity contribution in [3.05, 3.63) is 101 Å². The van der Waals surface area contributed by atoms with Gasteiger partial charge in [0.15, 0.2) is 0 Å². The zero-order valence-corrected chi connectivity index (χ0v) is 19.1. The van der Waals surface area contributed by atoms with Gasteiger partial charge in [-0.25, -0.2) is 0 Å². The minimum Gasteiger partial charge on any atom is -0.360 e. The molecule has 29 heavy (non-hydrogen) atoms. The molecule has 3 aromatic carbocycles. The third kappa shape index (κ3) is 3.95. The van der Waals surface area contributed by atoms with Crippen molar-refractivity contribution >= 4 is 75.4 Å². The van der Waals surface area contributed by atoms with Gasteiger partial charge in [0.25, 0.3) is 0 Å². The highest BCUT2D eigenvalue weighted by Crippen LogP contribution is 2.47. The number of hydrogen-bond donors (Lipinski definition) is 1. The highest BCUT2D eigenvalue weighted by Gasteiger charge is 2.37. The Hall–Kier alpha value is -1.13. The Kier molecular flexibility index (Phi) is 6.22. The van der Waals surface area contributed by atoms with Crippen LogP contribution in [0.4, 0.5) is 0 Å². The van der Waals surface area contributed by atoms with Crippen LogP contribution in [0.5, 0.6) is 0 Å². The molecular weight excluding hydrogens is 493 g/mol. The van der Waals surface area contributed by atoms with Crippen molar-refractivity contribution < 1.29 is 0 Å². The molecule has 3 aromatic rings. The second-order valence-electron chi connectivity index (χ2n) is 6.41. The molecule has 0 amide bonds. The lowest BCUT2D eigenvalue weighted by atomic mass is 9.94. The van der Waals surface area contributed by atoms with E-state index in [2.05, 4.69) is 5.32 Å². The van der Waals surface area contributed by atoms with Crippen LogP contribution < -0.4 is 5.32 Å². The van der Waals surface area contributed by atoms with Gasteiger partial charge in [0.2, 0.25) is 0 Å². The first kappa shape index (κ1) is 21.1. The average molecular weight is 505 g/mol. The zero-order chi connectivity index (χ0) is 20.7. The number of halogens is 6. The Morgan fingerprint density at radius 3 is 1.48 bits per heavy atom. The van der Waals surface area contributed by atoms with Crippen molar-refractivity contribution in [3.8, 4) is 0 Å². The standard InChI is InChI=1S/C21H12Cl6N2/c22-10-4-1-5-11(23)16(10)19-20(17-12(24)6-2-7-13(17)25)29-21(28-19)18-14(26)8-3-9-15(18)27/h1-9,19-20H,(H,28,29). The summed E-state index contributed by atoms with van der Waals surface area (Å²) in [6.07, 6.45) is 0. The van der Waals surface area contributed by atoms with Crippen LogP contribution in [-0.2, 0) is 0 Å². The number of aliphatic imine (C=N–C) groups is 1. The van der Waals surface area contributed by atoms with Crippen molar-refractivity contribution in [2.45, 2.75) is 12.1 Å². The summed E-state index contributed by atoms with van der Waals surface area (Å²) in [5.74, 6) is 0.516. The fourth-order valence-electron chi connectivity index (χ4n) is 3.40. The number of hydrogen-bond acceptors (Lipinski definition) is 2. The first-order chi connectivity index (χ1) is 13.9. The maximum Gasteiger partial charge on any atom is 0.132 e. The van der Waals surface area contributed by atoms with Crippen molar-refractivity contribution in [1.82, 2.24) is 5.32 Å². The number of rotatable bonds is 3. The summed E-state index contributed by atoms with van der Waals surface area (Å²) in [6, 6.07) is 15.0. The van der Waals surface area contributed by atoms with Gasteiger partial charge in [0, 0.05) is 31.2 Å². The Balaban J connectivity index is 1.92. The highest BCUT2D eigenvalue weighted by molar-refractivity contribution is 6.40. The maximum absolute atomic E-state index is 6.50. The lowest BCUT2D eigenvalue weighted by Crippen LogP contribution is -2.26.